The average molecular weight is 283 g/mol. The highest BCUT2D eigenvalue weighted by molar-refractivity contribution is 7.92. The average Bonchev–Trinajstić information content (AvgIpc) is 2.70. The molecule has 0 amide bonds. The second-order valence-electron chi connectivity index (χ2n) is 3.83. The molecule has 2 heterocycles. The van der Waals surface area contributed by atoms with E-state index in [1.807, 2.05) is 0 Å². The fourth-order valence-electron chi connectivity index (χ4n) is 1.40. The Morgan fingerprint density at radius 1 is 1.37 bits per heavy atom. The van der Waals surface area contributed by atoms with E-state index in [0.717, 1.165) is 0 Å². The molecule has 0 aliphatic carbocycles. The first-order valence-corrected chi connectivity index (χ1v) is 6.81. The summed E-state index contributed by atoms with van der Waals surface area (Å²) in [6, 6.07) is 3.07. The number of hydrogen-bond donors (Lipinski definition) is 3. The first-order chi connectivity index (χ1) is 8.95. The molecule has 0 aromatic carbocycles. The van der Waals surface area contributed by atoms with Crippen LogP contribution in [0.4, 0.5) is 11.6 Å². The molecule has 0 atom stereocenters. The fourth-order valence-corrected chi connectivity index (χ4v) is 2.54. The number of nitrogens with one attached hydrogen (secondary N) is 2. The van der Waals surface area contributed by atoms with Crippen LogP contribution in [0.1, 0.15) is 11.3 Å². The Bertz CT molecular complexity index is 695. The predicted molar refractivity (Wildman–Crippen MR) is 68.8 cm³/mol. The topological polar surface area (TPSA) is 123 Å². The van der Waals surface area contributed by atoms with Crippen LogP contribution in [0.3, 0.4) is 0 Å². The summed E-state index contributed by atoms with van der Waals surface area (Å²) in [5.41, 5.74) is 3.68. The van der Waals surface area contributed by atoms with E-state index in [9.17, 15) is 8.42 Å². The van der Waals surface area contributed by atoms with Crippen molar-refractivity contribution < 1.29 is 12.9 Å². The van der Waals surface area contributed by atoms with Gasteiger partial charge in [-0.1, -0.05) is 5.16 Å². The van der Waals surface area contributed by atoms with Crippen molar-refractivity contribution in [3.05, 3.63) is 29.6 Å². The van der Waals surface area contributed by atoms with Gasteiger partial charge in [0.2, 0.25) is 10.9 Å². The lowest BCUT2D eigenvalue weighted by Crippen LogP contribution is -2.19. The molecular weight excluding hydrogens is 270 g/mol. The Labute approximate surface area is 110 Å². The summed E-state index contributed by atoms with van der Waals surface area (Å²) in [6.45, 7) is 3.41. The van der Waals surface area contributed by atoms with Gasteiger partial charge >= 0.3 is 0 Å². The maximum Gasteiger partial charge on any atom is 0.283 e. The maximum atomic E-state index is 12.2. The number of hydrazine groups is 1. The molecule has 9 heteroatoms. The van der Waals surface area contributed by atoms with Crippen LogP contribution in [-0.2, 0) is 10.0 Å². The molecular formula is C10H13N5O3S. The van der Waals surface area contributed by atoms with Crippen LogP contribution in [0.2, 0.25) is 0 Å². The van der Waals surface area contributed by atoms with Gasteiger partial charge in [0.25, 0.3) is 10.0 Å². The van der Waals surface area contributed by atoms with Crippen LogP contribution in [0.15, 0.2) is 27.9 Å². The van der Waals surface area contributed by atoms with Crippen molar-refractivity contribution in [1.82, 2.24) is 10.1 Å². The zero-order valence-corrected chi connectivity index (χ0v) is 11.2. The molecule has 0 spiro atoms. The number of nitrogen functional groups attached to an aromatic ring is 1. The third-order valence-corrected chi connectivity index (χ3v) is 3.85. The summed E-state index contributed by atoms with van der Waals surface area (Å²) in [5.74, 6) is 5.32. The molecule has 8 nitrogen and oxygen atoms in total. The summed E-state index contributed by atoms with van der Waals surface area (Å²) < 4.78 is 31.6. The van der Waals surface area contributed by atoms with Gasteiger partial charge in [0.1, 0.15) is 0 Å². The van der Waals surface area contributed by atoms with E-state index in [4.69, 9.17) is 10.4 Å². The van der Waals surface area contributed by atoms with Gasteiger partial charge in [0, 0.05) is 11.8 Å². The SMILES string of the molecule is Cc1noc(NS(=O)(=O)c2ncccc2NN)c1C. The van der Waals surface area contributed by atoms with E-state index < -0.39 is 10.0 Å². The van der Waals surface area contributed by atoms with Crippen molar-refractivity contribution in [1.29, 1.82) is 0 Å². The summed E-state index contributed by atoms with van der Waals surface area (Å²) in [7, 11) is -3.90. The van der Waals surface area contributed by atoms with Crippen molar-refractivity contribution >= 4 is 21.6 Å². The van der Waals surface area contributed by atoms with Gasteiger partial charge in [0.05, 0.1) is 11.4 Å². The van der Waals surface area contributed by atoms with Gasteiger partial charge in [-0.25, -0.2) is 9.71 Å². The van der Waals surface area contributed by atoms with Crippen LogP contribution < -0.4 is 16.0 Å². The molecule has 0 aliphatic heterocycles. The van der Waals surface area contributed by atoms with E-state index in [-0.39, 0.29) is 16.6 Å². The zero-order chi connectivity index (χ0) is 14.0. The van der Waals surface area contributed by atoms with Crippen LogP contribution in [-0.4, -0.2) is 18.6 Å². The Morgan fingerprint density at radius 2 is 2.11 bits per heavy atom. The van der Waals surface area contributed by atoms with E-state index >= 15 is 0 Å². The van der Waals surface area contributed by atoms with Gasteiger partial charge in [-0.3, -0.25) is 5.84 Å². The number of aryl methyl sites for hydroxylation is 1. The largest absolute Gasteiger partial charge is 0.337 e. The molecule has 0 fully saturated rings. The van der Waals surface area contributed by atoms with E-state index in [1.165, 1.54) is 12.3 Å². The highest BCUT2D eigenvalue weighted by atomic mass is 32.2. The van der Waals surface area contributed by atoms with Gasteiger partial charge in [0.15, 0.2) is 0 Å². The Morgan fingerprint density at radius 3 is 2.68 bits per heavy atom. The lowest BCUT2D eigenvalue weighted by molar-refractivity contribution is 0.430. The third kappa shape index (κ3) is 2.51. The number of anilines is 2. The van der Waals surface area contributed by atoms with Crippen molar-refractivity contribution in [3.8, 4) is 0 Å². The monoisotopic (exact) mass is 283 g/mol. The summed E-state index contributed by atoms with van der Waals surface area (Å²) >= 11 is 0. The highest BCUT2D eigenvalue weighted by Gasteiger charge is 2.23. The van der Waals surface area contributed by atoms with Gasteiger partial charge in [-0.2, -0.15) is 8.42 Å². The number of nitrogens with two attached hydrogens (primary N) is 1. The first-order valence-electron chi connectivity index (χ1n) is 5.33. The number of nitrogens with zero attached hydrogens (tertiary/aromatic N) is 2. The smallest absolute Gasteiger partial charge is 0.283 e. The molecule has 4 N–H and O–H groups in total. The lowest BCUT2D eigenvalue weighted by Gasteiger charge is -2.08. The van der Waals surface area contributed by atoms with Gasteiger partial charge in [-0.05, 0) is 26.0 Å². The Balaban J connectivity index is 2.41. The van der Waals surface area contributed by atoms with E-state index in [1.54, 1.807) is 19.9 Å². The minimum Gasteiger partial charge on any atom is -0.337 e. The van der Waals surface area contributed by atoms with Gasteiger partial charge in [-0.15, -0.1) is 0 Å². The minimum absolute atomic E-state index is 0.0612. The predicted octanol–water partition coefficient (Wildman–Crippen LogP) is 0.773. The molecule has 0 bridgehead atoms. The van der Waals surface area contributed by atoms with Crippen LogP contribution in [0.5, 0.6) is 0 Å². The van der Waals surface area contributed by atoms with Crippen LogP contribution in [0, 0.1) is 13.8 Å². The van der Waals surface area contributed by atoms with E-state index in [2.05, 4.69) is 20.3 Å². The Hall–Kier alpha value is -2.13. The number of sulfonamides is 1. The third-order valence-electron chi connectivity index (χ3n) is 2.57. The van der Waals surface area contributed by atoms with Crippen molar-refractivity contribution in [2.24, 2.45) is 5.84 Å². The summed E-state index contributed by atoms with van der Waals surface area (Å²) in [4.78, 5) is 3.80. The molecule has 102 valence electrons. The summed E-state index contributed by atoms with van der Waals surface area (Å²) in [5, 5.41) is 3.46. The maximum absolute atomic E-state index is 12.2. The fraction of sp³-hybridized carbons (Fsp3) is 0.200. The molecule has 0 saturated heterocycles. The number of hydrogen-bond acceptors (Lipinski definition) is 7. The normalized spacial score (nSPS) is 11.3. The minimum atomic E-state index is -3.90. The molecule has 19 heavy (non-hydrogen) atoms. The molecule has 0 unspecified atom stereocenters. The molecule has 0 aliphatic rings. The molecule has 2 rings (SSSR count). The van der Waals surface area contributed by atoms with Gasteiger partial charge < -0.3 is 9.95 Å². The molecule has 2 aromatic heterocycles. The standard InChI is InChI=1S/C10H13N5O3S/c1-6-7(2)14-18-9(6)15-19(16,17)10-8(13-11)4-3-5-12-10/h3-5,13,15H,11H2,1-2H3. The van der Waals surface area contributed by atoms with Crippen LogP contribution in [0.25, 0.3) is 0 Å². The summed E-state index contributed by atoms with van der Waals surface area (Å²) in [6.07, 6.45) is 1.36. The molecule has 0 radical (unpaired) electrons. The molecule has 0 saturated carbocycles. The van der Waals surface area contributed by atoms with Crippen molar-refractivity contribution in [2.45, 2.75) is 18.9 Å². The Kier molecular flexibility index (Phi) is 3.40. The second kappa shape index (κ2) is 4.86. The lowest BCUT2D eigenvalue weighted by atomic mass is 10.3. The number of rotatable bonds is 4. The number of pyridine rings is 1. The zero-order valence-electron chi connectivity index (χ0n) is 10.3. The van der Waals surface area contributed by atoms with Crippen molar-refractivity contribution in [3.63, 3.8) is 0 Å². The van der Waals surface area contributed by atoms with Crippen molar-refractivity contribution in [2.75, 3.05) is 10.1 Å². The molecule has 2 aromatic rings. The quantitative estimate of drug-likeness (QED) is 0.559. The second-order valence-corrected chi connectivity index (χ2v) is 5.43. The van der Waals surface area contributed by atoms with E-state index in [0.29, 0.717) is 11.3 Å². The van der Waals surface area contributed by atoms with Crippen LogP contribution >= 0.6 is 0 Å². The number of aromatic nitrogens is 2. The highest BCUT2D eigenvalue weighted by Crippen LogP contribution is 2.23. The first kappa shape index (κ1) is 13.3.